The van der Waals surface area contributed by atoms with Gasteiger partial charge in [-0.3, -0.25) is 0 Å². The lowest BCUT2D eigenvalue weighted by molar-refractivity contribution is 0.0262. The minimum absolute atomic E-state index is 0.199. The van der Waals surface area contributed by atoms with E-state index in [9.17, 15) is 0 Å². The van der Waals surface area contributed by atoms with E-state index in [-0.39, 0.29) is 6.10 Å². The largest absolute Gasteiger partial charge is 0.381 e. The zero-order valence-corrected chi connectivity index (χ0v) is 11.6. The minimum atomic E-state index is 0.199. The zero-order chi connectivity index (χ0) is 11.4. The first kappa shape index (κ1) is 12.3. The van der Waals surface area contributed by atoms with Gasteiger partial charge in [-0.05, 0) is 53.1 Å². The summed E-state index contributed by atoms with van der Waals surface area (Å²) in [4.78, 5) is 0. The van der Waals surface area contributed by atoms with Gasteiger partial charge in [0.2, 0.25) is 0 Å². The summed E-state index contributed by atoms with van der Waals surface area (Å²) in [5.41, 5.74) is 1.27. The Hall–Kier alpha value is -0.130. The van der Waals surface area contributed by atoms with Gasteiger partial charge in [0, 0.05) is 23.7 Å². The minimum Gasteiger partial charge on any atom is -0.381 e. The van der Waals surface area contributed by atoms with Crippen molar-refractivity contribution in [1.82, 2.24) is 0 Å². The molecule has 1 heterocycles. The molecule has 16 heavy (non-hydrogen) atoms. The van der Waals surface area contributed by atoms with Crippen LogP contribution in [0.25, 0.3) is 0 Å². The SMILES string of the molecule is COC1CCCOC(c2ccc(I)cc2)C1. The smallest absolute Gasteiger partial charge is 0.0849 e. The standard InChI is InChI=1S/C13H17IO2/c1-15-12-3-2-8-16-13(9-12)10-4-6-11(14)7-5-10/h4-7,12-13H,2-3,8-9H2,1H3. The lowest BCUT2D eigenvalue weighted by Crippen LogP contribution is -2.13. The number of hydrogen-bond acceptors (Lipinski definition) is 2. The highest BCUT2D eigenvalue weighted by Gasteiger charge is 2.21. The van der Waals surface area contributed by atoms with Gasteiger partial charge in [0.25, 0.3) is 0 Å². The molecular weight excluding hydrogens is 315 g/mol. The molecular formula is C13H17IO2. The Kier molecular flexibility index (Phi) is 4.61. The van der Waals surface area contributed by atoms with Crippen LogP contribution in [0.2, 0.25) is 0 Å². The van der Waals surface area contributed by atoms with Crippen molar-refractivity contribution < 1.29 is 9.47 Å². The van der Waals surface area contributed by atoms with E-state index in [2.05, 4.69) is 46.9 Å². The van der Waals surface area contributed by atoms with Crippen LogP contribution in [0.5, 0.6) is 0 Å². The molecule has 0 spiro atoms. The number of ether oxygens (including phenoxy) is 2. The molecule has 0 bridgehead atoms. The van der Waals surface area contributed by atoms with Crippen LogP contribution in [0.4, 0.5) is 0 Å². The van der Waals surface area contributed by atoms with Crippen molar-refractivity contribution in [3.05, 3.63) is 33.4 Å². The summed E-state index contributed by atoms with van der Waals surface area (Å²) in [6.07, 6.45) is 3.71. The molecule has 1 aliphatic heterocycles. The number of benzene rings is 1. The molecule has 1 saturated heterocycles. The fourth-order valence-electron chi connectivity index (χ4n) is 2.09. The van der Waals surface area contributed by atoms with Crippen molar-refractivity contribution in [2.75, 3.05) is 13.7 Å². The van der Waals surface area contributed by atoms with Crippen molar-refractivity contribution in [2.45, 2.75) is 31.5 Å². The summed E-state index contributed by atoms with van der Waals surface area (Å²) in [5.74, 6) is 0. The molecule has 0 aromatic heterocycles. The number of hydrogen-bond donors (Lipinski definition) is 0. The average molecular weight is 332 g/mol. The van der Waals surface area contributed by atoms with Crippen LogP contribution < -0.4 is 0 Å². The van der Waals surface area contributed by atoms with E-state index < -0.39 is 0 Å². The molecule has 0 N–H and O–H groups in total. The van der Waals surface area contributed by atoms with Crippen LogP contribution in [-0.4, -0.2) is 19.8 Å². The van der Waals surface area contributed by atoms with Gasteiger partial charge in [-0.15, -0.1) is 0 Å². The van der Waals surface area contributed by atoms with Crippen molar-refractivity contribution in [1.29, 1.82) is 0 Å². The van der Waals surface area contributed by atoms with Crippen molar-refractivity contribution in [3.8, 4) is 0 Å². The summed E-state index contributed by atoms with van der Waals surface area (Å²) in [5, 5.41) is 0. The zero-order valence-electron chi connectivity index (χ0n) is 9.49. The van der Waals surface area contributed by atoms with Crippen LogP contribution in [0, 0.1) is 3.57 Å². The summed E-state index contributed by atoms with van der Waals surface area (Å²) in [6.45, 7) is 0.844. The van der Waals surface area contributed by atoms with Gasteiger partial charge in [-0.2, -0.15) is 0 Å². The van der Waals surface area contributed by atoms with Crippen LogP contribution in [0.3, 0.4) is 0 Å². The quantitative estimate of drug-likeness (QED) is 0.771. The average Bonchev–Trinajstić information content (AvgIpc) is 2.55. The molecule has 1 fully saturated rings. The summed E-state index contributed by atoms with van der Waals surface area (Å²) >= 11 is 2.32. The van der Waals surface area contributed by atoms with Crippen molar-refractivity contribution in [2.24, 2.45) is 0 Å². The Morgan fingerprint density at radius 3 is 2.75 bits per heavy atom. The molecule has 0 saturated carbocycles. The molecule has 1 aromatic carbocycles. The van der Waals surface area contributed by atoms with Crippen molar-refractivity contribution >= 4 is 22.6 Å². The highest BCUT2D eigenvalue weighted by Crippen LogP contribution is 2.28. The molecule has 0 radical (unpaired) electrons. The molecule has 2 unspecified atom stereocenters. The van der Waals surface area contributed by atoms with E-state index >= 15 is 0 Å². The summed E-state index contributed by atoms with van der Waals surface area (Å²) in [7, 11) is 1.79. The van der Waals surface area contributed by atoms with E-state index in [1.807, 2.05) is 0 Å². The van der Waals surface area contributed by atoms with Gasteiger partial charge >= 0.3 is 0 Å². The Bertz CT molecular complexity index is 323. The second-order valence-corrected chi connectivity index (χ2v) is 5.39. The first-order chi connectivity index (χ1) is 7.79. The Morgan fingerprint density at radius 2 is 2.06 bits per heavy atom. The highest BCUT2D eigenvalue weighted by molar-refractivity contribution is 14.1. The Morgan fingerprint density at radius 1 is 1.31 bits per heavy atom. The summed E-state index contributed by atoms with van der Waals surface area (Å²) in [6, 6.07) is 8.58. The van der Waals surface area contributed by atoms with Crippen LogP contribution in [-0.2, 0) is 9.47 Å². The molecule has 1 aromatic rings. The second-order valence-electron chi connectivity index (χ2n) is 4.15. The third kappa shape index (κ3) is 3.18. The fourth-order valence-corrected chi connectivity index (χ4v) is 2.44. The fraction of sp³-hybridized carbons (Fsp3) is 0.538. The van der Waals surface area contributed by atoms with Gasteiger partial charge in [0.05, 0.1) is 12.2 Å². The molecule has 2 rings (SSSR count). The van der Waals surface area contributed by atoms with Gasteiger partial charge in [0.15, 0.2) is 0 Å². The molecule has 88 valence electrons. The maximum atomic E-state index is 5.88. The van der Waals surface area contributed by atoms with Crippen LogP contribution in [0.1, 0.15) is 30.9 Å². The van der Waals surface area contributed by atoms with E-state index in [1.54, 1.807) is 7.11 Å². The Balaban J connectivity index is 2.09. The van der Waals surface area contributed by atoms with E-state index in [4.69, 9.17) is 9.47 Å². The van der Waals surface area contributed by atoms with Gasteiger partial charge in [-0.1, -0.05) is 12.1 Å². The van der Waals surface area contributed by atoms with E-state index in [0.717, 1.165) is 25.9 Å². The van der Waals surface area contributed by atoms with Crippen LogP contribution >= 0.6 is 22.6 Å². The number of rotatable bonds is 2. The third-order valence-corrected chi connectivity index (χ3v) is 3.76. The van der Waals surface area contributed by atoms with Gasteiger partial charge in [-0.25, -0.2) is 0 Å². The topological polar surface area (TPSA) is 18.5 Å². The lowest BCUT2D eigenvalue weighted by atomic mass is 10.0. The first-order valence-corrected chi connectivity index (χ1v) is 6.77. The molecule has 1 aliphatic rings. The lowest BCUT2D eigenvalue weighted by Gasteiger charge is -2.19. The monoisotopic (exact) mass is 332 g/mol. The molecule has 0 amide bonds. The normalized spacial score (nSPS) is 26.4. The Labute approximate surface area is 110 Å². The molecule has 0 aliphatic carbocycles. The third-order valence-electron chi connectivity index (χ3n) is 3.04. The predicted molar refractivity (Wildman–Crippen MR) is 72.5 cm³/mol. The number of methoxy groups -OCH3 is 1. The molecule has 3 heteroatoms. The van der Waals surface area contributed by atoms with E-state index in [1.165, 1.54) is 9.13 Å². The second kappa shape index (κ2) is 5.98. The molecule has 2 atom stereocenters. The maximum Gasteiger partial charge on any atom is 0.0849 e. The van der Waals surface area contributed by atoms with Crippen LogP contribution in [0.15, 0.2) is 24.3 Å². The summed E-state index contributed by atoms with van der Waals surface area (Å²) < 4.78 is 12.6. The maximum absolute atomic E-state index is 5.88. The van der Waals surface area contributed by atoms with Gasteiger partial charge in [0.1, 0.15) is 0 Å². The van der Waals surface area contributed by atoms with Gasteiger partial charge < -0.3 is 9.47 Å². The highest BCUT2D eigenvalue weighted by atomic mass is 127. The first-order valence-electron chi connectivity index (χ1n) is 5.69. The molecule has 2 nitrogen and oxygen atoms in total. The van der Waals surface area contributed by atoms with Crippen molar-refractivity contribution in [3.63, 3.8) is 0 Å². The predicted octanol–water partition coefficient (Wildman–Crippen LogP) is 3.55. The number of halogens is 1. The van der Waals surface area contributed by atoms with E-state index in [0.29, 0.717) is 6.10 Å².